The number of rotatable bonds is 3. The Morgan fingerprint density at radius 1 is 1.71 bits per heavy atom. The topological polar surface area (TPSA) is 58.9 Å². The third kappa shape index (κ3) is 2.85. The maximum Gasteiger partial charge on any atom is 0.269 e. The Bertz CT molecular complexity index is 388. The molecule has 2 N–H and O–H groups in total. The highest BCUT2D eigenvalue weighted by atomic mass is 16.2. The molecule has 0 spiro atoms. The molecule has 2 unspecified atom stereocenters. The van der Waals surface area contributed by atoms with Crippen molar-refractivity contribution < 1.29 is 4.79 Å². The van der Waals surface area contributed by atoms with Gasteiger partial charge in [-0.1, -0.05) is 6.92 Å². The van der Waals surface area contributed by atoms with Crippen LogP contribution in [0.2, 0.25) is 0 Å². The summed E-state index contributed by atoms with van der Waals surface area (Å²) >= 11 is 0. The zero-order chi connectivity index (χ0) is 12.3. The first-order chi connectivity index (χ1) is 8.18. The predicted octanol–water partition coefficient (Wildman–Crippen LogP) is 0.395. The third-order valence-electron chi connectivity index (χ3n) is 3.54. The summed E-state index contributed by atoms with van der Waals surface area (Å²) in [7, 11) is 1.78. The highest BCUT2D eigenvalue weighted by Gasteiger charge is 2.21. The summed E-state index contributed by atoms with van der Waals surface area (Å²) < 4.78 is 1.60. The van der Waals surface area contributed by atoms with Crippen molar-refractivity contribution in [3.8, 4) is 0 Å². The van der Waals surface area contributed by atoms with Crippen LogP contribution in [0.5, 0.6) is 0 Å². The summed E-state index contributed by atoms with van der Waals surface area (Å²) in [5, 5.41) is 10.4. The Hall–Kier alpha value is -1.36. The molecule has 1 aliphatic rings. The molecule has 2 heterocycles. The fraction of sp³-hybridized carbons (Fsp3) is 0.667. The number of aromatic nitrogens is 2. The Balaban J connectivity index is 1.86. The van der Waals surface area contributed by atoms with Crippen molar-refractivity contribution in [2.45, 2.75) is 13.3 Å². The van der Waals surface area contributed by atoms with Crippen molar-refractivity contribution in [3.05, 3.63) is 18.0 Å². The average molecular weight is 236 g/mol. The number of piperidine rings is 1. The molecule has 17 heavy (non-hydrogen) atoms. The van der Waals surface area contributed by atoms with E-state index in [1.165, 1.54) is 0 Å². The lowest BCUT2D eigenvalue weighted by molar-refractivity contribution is 0.0928. The Morgan fingerprint density at radius 2 is 2.53 bits per heavy atom. The van der Waals surface area contributed by atoms with Gasteiger partial charge in [-0.25, -0.2) is 0 Å². The van der Waals surface area contributed by atoms with Gasteiger partial charge >= 0.3 is 0 Å². The van der Waals surface area contributed by atoms with Gasteiger partial charge in [-0.15, -0.1) is 0 Å². The van der Waals surface area contributed by atoms with Gasteiger partial charge in [-0.05, 0) is 37.4 Å². The number of hydrogen-bond acceptors (Lipinski definition) is 3. The highest BCUT2D eigenvalue weighted by molar-refractivity contribution is 5.92. The van der Waals surface area contributed by atoms with Crippen LogP contribution in [-0.2, 0) is 7.05 Å². The molecule has 0 aliphatic carbocycles. The molecular weight excluding hydrogens is 216 g/mol. The summed E-state index contributed by atoms with van der Waals surface area (Å²) in [4.78, 5) is 11.9. The van der Waals surface area contributed by atoms with Gasteiger partial charge < -0.3 is 10.6 Å². The van der Waals surface area contributed by atoms with Crippen LogP contribution in [0, 0.1) is 11.8 Å². The van der Waals surface area contributed by atoms with E-state index in [2.05, 4.69) is 22.7 Å². The summed E-state index contributed by atoms with van der Waals surface area (Å²) in [5.41, 5.74) is 0.617. The van der Waals surface area contributed by atoms with E-state index in [0.717, 1.165) is 26.1 Å². The van der Waals surface area contributed by atoms with Crippen LogP contribution in [0.15, 0.2) is 12.3 Å². The Morgan fingerprint density at radius 3 is 3.18 bits per heavy atom. The number of carbonyl (C=O) groups is 1. The fourth-order valence-corrected chi connectivity index (χ4v) is 2.28. The van der Waals surface area contributed by atoms with Gasteiger partial charge in [0.2, 0.25) is 0 Å². The first kappa shape index (κ1) is 12.1. The summed E-state index contributed by atoms with van der Waals surface area (Å²) in [6, 6.07) is 1.74. The van der Waals surface area contributed by atoms with Gasteiger partial charge in [-0.3, -0.25) is 9.48 Å². The number of nitrogens with zero attached hydrogens (tertiary/aromatic N) is 2. The van der Waals surface area contributed by atoms with E-state index in [9.17, 15) is 4.79 Å². The number of nitrogens with one attached hydrogen (secondary N) is 2. The van der Waals surface area contributed by atoms with Gasteiger partial charge in [0.1, 0.15) is 5.69 Å². The predicted molar refractivity (Wildman–Crippen MR) is 65.7 cm³/mol. The molecule has 1 amide bonds. The Labute approximate surface area is 102 Å². The van der Waals surface area contributed by atoms with E-state index < -0.39 is 0 Å². The van der Waals surface area contributed by atoms with E-state index >= 15 is 0 Å². The van der Waals surface area contributed by atoms with Crippen molar-refractivity contribution in [2.75, 3.05) is 19.6 Å². The quantitative estimate of drug-likeness (QED) is 0.798. The first-order valence-electron chi connectivity index (χ1n) is 6.15. The molecule has 94 valence electrons. The maximum atomic E-state index is 11.9. The van der Waals surface area contributed by atoms with Crippen molar-refractivity contribution in [3.63, 3.8) is 0 Å². The molecule has 1 aromatic heterocycles. The maximum absolute atomic E-state index is 11.9. The minimum Gasteiger partial charge on any atom is -0.350 e. The second kappa shape index (κ2) is 5.31. The molecule has 0 bridgehead atoms. The van der Waals surface area contributed by atoms with Crippen molar-refractivity contribution in [1.82, 2.24) is 20.4 Å². The molecule has 0 radical (unpaired) electrons. The summed E-state index contributed by atoms with van der Waals surface area (Å²) in [6.07, 6.45) is 2.77. The standard InChI is InChI=1S/C12H20N4O/c1-9-7-13-5-3-10(9)8-14-12(17)11-4-6-15-16(11)2/h4,6,9-10,13H,3,5,7-8H2,1-2H3,(H,14,17). The van der Waals surface area contributed by atoms with Gasteiger partial charge in [0.05, 0.1) is 0 Å². The van der Waals surface area contributed by atoms with E-state index in [4.69, 9.17) is 0 Å². The second-order valence-corrected chi connectivity index (χ2v) is 4.78. The molecule has 1 aromatic rings. The molecule has 2 atom stereocenters. The SMILES string of the molecule is CC1CNCCC1CNC(=O)c1ccnn1C. The van der Waals surface area contributed by atoms with Crippen LogP contribution >= 0.6 is 0 Å². The minimum atomic E-state index is -0.0317. The lowest BCUT2D eigenvalue weighted by Crippen LogP contribution is -2.41. The number of hydrogen-bond donors (Lipinski definition) is 2. The van der Waals surface area contributed by atoms with Gasteiger partial charge in [0, 0.05) is 19.8 Å². The van der Waals surface area contributed by atoms with Gasteiger partial charge in [0.25, 0.3) is 5.91 Å². The molecule has 5 nitrogen and oxygen atoms in total. The van der Waals surface area contributed by atoms with Gasteiger partial charge in [-0.2, -0.15) is 5.10 Å². The highest BCUT2D eigenvalue weighted by Crippen LogP contribution is 2.17. The molecule has 1 fully saturated rings. The lowest BCUT2D eigenvalue weighted by atomic mass is 9.88. The zero-order valence-corrected chi connectivity index (χ0v) is 10.4. The molecular formula is C12H20N4O. The van der Waals surface area contributed by atoms with Crippen LogP contribution in [-0.4, -0.2) is 35.3 Å². The van der Waals surface area contributed by atoms with Crippen LogP contribution in [0.25, 0.3) is 0 Å². The summed E-state index contributed by atoms with van der Waals surface area (Å²) in [5.74, 6) is 1.17. The van der Waals surface area contributed by atoms with Crippen molar-refractivity contribution in [1.29, 1.82) is 0 Å². The Kier molecular flexibility index (Phi) is 3.78. The number of aryl methyl sites for hydroxylation is 1. The van der Waals surface area contributed by atoms with E-state index in [-0.39, 0.29) is 5.91 Å². The number of carbonyl (C=O) groups excluding carboxylic acids is 1. The molecule has 5 heteroatoms. The van der Waals surface area contributed by atoms with E-state index in [1.807, 2.05) is 0 Å². The van der Waals surface area contributed by atoms with Crippen LogP contribution in [0.4, 0.5) is 0 Å². The number of amides is 1. The average Bonchev–Trinajstić information content (AvgIpc) is 2.74. The largest absolute Gasteiger partial charge is 0.350 e. The van der Waals surface area contributed by atoms with E-state index in [1.54, 1.807) is 24.0 Å². The smallest absolute Gasteiger partial charge is 0.269 e. The van der Waals surface area contributed by atoms with Gasteiger partial charge in [0.15, 0.2) is 0 Å². The van der Waals surface area contributed by atoms with Crippen molar-refractivity contribution >= 4 is 5.91 Å². The minimum absolute atomic E-state index is 0.0317. The second-order valence-electron chi connectivity index (χ2n) is 4.78. The van der Waals surface area contributed by atoms with Crippen LogP contribution < -0.4 is 10.6 Å². The molecule has 2 rings (SSSR count). The van der Waals surface area contributed by atoms with Crippen molar-refractivity contribution in [2.24, 2.45) is 18.9 Å². The molecule has 0 aromatic carbocycles. The lowest BCUT2D eigenvalue weighted by Gasteiger charge is -2.29. The monoisotopic (exact) mass is 236 g/mol. The molecule has 1 aliphatic heterocycles. The zero-order valence-electron chi connectivity index (χ0n) is 10.4. The van der Waals surface area contributed by atoms with Crippen LogP contribution in [0.3, 0.4) is 0 Å². The third-order valence-corrected chi connectivity index (χ3v) is 3.54. The normalized spacial score (nSPS) is 24.6. The first-order valence-corrected chi connectivity index (χ1v) is 6.15. The molecule has 1 saturated heterocycles. The molecule has 0 saturated carbocycles. The van der Waals surface area contributed by atoms with E-state index in [0.29, 0.717) is 17.5 Å². The van der Waals surface area contributed by atoms with Crippen LogP contribution in [0.1, 0.15) is 23.8 Å². The fourth-order valence-electron chi connectivity index (χ4n) is 2.28. The summed E-state index contributed by atoms with van der Waals surface area (Å²) in [6.45, 7) is 5.09.